The molecule has 8 nitrogen and oxygen atoms in total. The number of nitrogens with zero attached hydrogens (tertiary/aromatic N) is 2. The molecular weight excluding hydrogens is 617 g/mol. The average Bonchev–Trinajstić information content (AvgIpc) is 2.92. The second-order valence-electron chi connectivity index (χ2n) is 8.30. The highest BCUT2D eigenvalue weighted by Crippen LogP contribution is 2.31. The molecule has 0 aliphatic carbocycles. The zero-order valence-corrected chi connectivity index (χ0v) is 23.8. The SMILES string of the molecule is CCOC(=O)c1ccc(N=C2SC(C(=O)Nc3ccc(I)cc3)CC(=O)N2Cc2ccc(OC)cc2)cc1. The second-order valence-corrected chi connectivity index (χ2v) is 10.7. The summed E-state index contributed by atoms with van der Waals surface area (Å²) < 4.78 is 11.3. The predicted molar refractivity (Wildman–Crippen MR) is 157 cm³/mol. The van der Waals surface area contributed by atoms with Crippen molar-refractivity contribution in [3.05, 3.63) is 87.5 Å². The van der Waals surface area contributed by atoms with Crippen LogP contribution in [-0.2, 0) is 20.9 Å². The minimum atomic E-state index is -0.647. The van der Waals surface area contributed by atoms with Gasteiger partial charge in [-0.25, -0.2) is 9.79 Å². The largest absolute Gasteiger partial charge is 0.497 e. The summed E-state index contributed by atoms with van der Waals surface area (Å²) in [5, 5.41) is 2.66. The van der Waals surface area contributed by atoms with E-state index in [0.717, 1.165) is 14.9 Å². The van der Waals surface area contributed by atoms with Gasteiger partial charge in [0.2, 0.25) is 11.8 Å². The quantitative estimate of drug-likeness (QED) is 0.252. The van der Waals surface area contributed by atoms with Crippen molar-refractivity contribution in [2.45, 2.75) is 25.1 Å². The van der Waals surface area contributed by atoms with Crippen LogP contribution in [0.25, 0.3) is 0 Å². The molecule has 0 saturated carbocycles. The van der Waals surface area contributed by atoms with Gasteiger partial charge in [-0.15, -0.1) is 0 Å². The van der Waals surface area contributed by atoms with Gasteiger partial charge in [-0.1, -0.05) is 23.9 Å². The molecule has 0 radical (unpaired) electrons. The van der Waals surface area contributed by atoms with E-state index in [2.05, 4.69) is 27.9 Å². The Labute approximate surface area is 238 Å². The maximum absolute atomic E-state index is 13.3. The monoisotopic (exact) mass is 643 g/mol. The summed E-state index contributed by atoms with van der Waals surface area (Å²) in [6.07, 6.45) is 0.0395. The summed E-state index contributed by atoms with van der Waals surface area (Å²) in [5.41, 5.74) is 2.52. The number of rotatable bonds is 8. The molecule has 3 aromatic rings. The first kappa shape index (κ1) is 27.6. The number of nitrogens with one attached hydrogen (secondary N) is 1. The van der Waals surface area contributed by atoms with Crippen molar-refractivity contribution in [2.24, 2.45) is 4.99 Å². The van der Waals surface area contributed by atoms with Crippen molar-refractivity contribution >= 4 is 68.7 Å². The Bertz CT molecular complexity index is 1330. The number of anilines is 1. The number of thioether (sulfide) groups is 1. The van der Waals surface area contributed by atoms with Gasteiger partial charge in [-0.05, 0) is 95.7 Å². The van der Waals surface area contributed by atoms with Gasteiger partial charge in [0.05, 0.1) is 31.5 Å². The van der Waals surface area contributed by atoms with Gasteiger partial charge in [-0.3, -0.25) is 14.5 Å². The van der Waals surface area contributed by atoms with Crippen LogP contribution in [0.2, 0.25) is 0 Å². The molecule has 1 heterocycles. The van der Waals surface area contributed by atoms with Gasteiger partial charge in [0, 0.05) is 15.7 Å². The smallest absolute Gasteiger partial charge is 0.338 e. The van der Waals surface area contributed by atoms with Crippen molar-refractivity contribution in [1.29, 1.82) is 0 Å². The van der Waals surface area contributed by atoms with Crippen LogP contribution < -0.4 is 10.1 Å². The van der Waals surface area contributed by atoms with Crippen molar-refractivity contribution < 1.29 is 23.9 Å². The summed E-state index contributed by atoms with van der Waals surface area (Å²) in [5.74, 6) is -0.165. The Kier molecular flexibility index (Phi) is 9.40. The van der Waals surface area contributed by atoms with Crippen LogP contribution in [0.3, 0.4) is 0 Å². The molecule has 1 unspecified atom stereocenters. The number of methoxy groups -OCH3 is 1. The normalized spacial score (nSPS) is 16.3. The van der Waals surface area contributed by atoms with E-state index >= 15 is 0 Å². The lowest BCUT2D eigenvalue weighted by Gasteiger charge is -2.32. The van der Waals surface area contributed by atoms with Crippen LogP contribution in [0.4, 0.5) is 11.4 Å². The number of aliphatic imine (C=N–C) groups is 1. The van der Waals surface area contributed by atoms with Gasteiger partial charge in [0.25, 0.3) is 0 Å². The Balaban J connectivity index is 1.59. The van der Waals surface area contributed by atoms with Crippen LogP contribution >= 0.6 is 34.4 Å². The fourth-order valence-electron chi connectivity index (χ4n) is 3.66. The molecule has 196 valence electrons. The molecule has 1 saturated heterocycles. The van der Waals surface area contributed by atoms with Crippen molar-refractivity contribution in [3.63, 3.8) is 0 Å². The number of amidine groups is 1. The third kappa shape index (κ3) is 7.13. The molecule has 1 aliphatic heterocycles. The third-order valence-electron chi connectivity index (χ3n) is 5.65. The van der Waals surface area contributed by atoms with Gasteiger partial charge in [0.15, 0.2) is 5.17 Å². The molecule has 10 heteroatoms. The second kappa shape index (κ2) is 12.9. The number of benzene rings is 3. The molecule has 1 N–H and O–H groups in total. The molecule has 0 bridgehead atoms. The van der Waals surface area contributed by atoms with Gasteiger partial charge < -0.3 is 14.8 Å². The fraction of sp³-hybridized carbons (Fsp3) is 0.214. The molecule has 1 fully saturated rings. The van der Waals surface area contributed by atoms with E-state index < -0.39 is 11.2 Å². The number of ether oxygens (including phenoxy) is 2. The van der Waals surface area contributed by atoms with Crippen LogP contribution in [0, 0.1) is 3.57 Å². The molecule has 4 rings (SSSR count). The van der Waals surface area contributed by atoms with Crippen molar-refractivity contribution in [3.8, 4) is 5.75 Å². The van der Waals surface area contributed by atoms with Crippen molar-refractivity contribution in [1.82, 2.24) is 4.90 Å². The maximum Gasteiger partial charge on any atom is 0.338 e. The molecule has 2 amide bonds. The first-order chi connectivity index (χ1) is 18.4. The van der Waals surface area contributed by atoms with E-state index in [9.17, 15) is 14.4 Å². The van der Waals surface area contributed by atoms with Crippen LogP contribution in [0.5, 0.6) is 5.75 Å². The number of amides is 2. The summed E-state index contributed by atoms with van der Waals surface area (Å²) in [6, 6.07) is 21.5. The van der Waals surface area contributed by atoms with E-state index in [1.54, 1.807) is 43.2 Å². The molecule has 38 heavy (non-hydrogen) atoms. The van der Waals surface area contributed by atoms with Gasteiger partial charge >= 0.3 is 5.97 Å². The Morgan fingerprint density at radius 2 is 1.74 bits per heavy atom. The lowest BCUT2D eigenvalue weighted by molar-refractivity contribution is -0.129. The molecule has 0 aromatic heterocycles. The number of hydrogen-bond donors (Lipinski definition) is 1. The minimum absolute atomic E-state index is 0.0395. The highest BCUT2D eigenvalue weighted by atomic mass is 127. The summed E-state index contributed by atoms with van der Waals surface area (Å²) >= 11 is 3.44. The highest BCUT2D eigenvalue weighted by molar-refractivity contribution is 14.1. The molecular formula is C28H26IN3O5S. The lowest BCUT2D eigenvalue weighted by atomic mass is 10.2. The van der Waals surface area contributed by atoms with E-state index in [1.807, 2.05) is 48.5 Å². The molecule has 1 atom stereocenters. The number of hydrogen-bond acceptors (Lipinski definition) is 7. The third-order valence-corrected chi connectivity index (χ3v) is 7.55. The highest BCUT2D eigenvalue weighted by Gasteiger charge is 2.36. The van der Waals surface area contributed by atoms with Crippen LogP contribution in [0.15, 0.2) is 77.8 Å². The predicted octanol–water partition coefficient (Wildman–Crippen LogP) is 5.64. The fourth-order valence-corrected chi connectivity index (χ4v) is 5.12. The maximum atomic E-state index is 13.3. The van der Waals surface area contributed by atoms with Gasteiger partial charge in [0.1, 0.15) is 11.0 Å². The molecule has 3 aromatic carbocycles. The van der Waals surface area contributed by atoms with E-state index in [-0.39, 0.29) is 24.8 Å². The average molecular weight is 644 g/mol. The van der Waals surface area contributed by atoms with Crippen molar-refractivity contribution in [2.75, 3.05) is 19.0 Å². The number of carbonyl (C=O) groups excluding carboxylic acids is 3. The molecule has 0 spiro atoms. The van der Waals surface area contributed by atoms with E-state index in [0.29, 0.717) is 28.7 Å². The van der Waals surface area contributed by atoms with Crippen LogP contribution in [0.1, 0.15) is 29.3 Å². The first-order valence-electron chi connectivity index (χ1n) is 11.9. The Hall–Kier alpha value is -3.38. The Morgan fingerprint density at radius 1 is 1.05 bits per heavy atom. The minimum Gasteiger partial charge on any atom is -0.497 e. The standard InChI is InChI=1S/C28H26IN3O5S/c1-3-37-27(35)19-6-10-22(11-7-19)31-28-32(17-18-4-14-23(36-2)15-5-18)25(33)16-24(38-28)26(34)30-21-12-8-20(29)9-13-21/h4-15,24H,3,16-17H2,1-2H3,(H,30,34). The number of esters is 1. The molecule has 1 aliphatic rings. The van der Waals surface area contributed by atoms with E-state index in [4.69, 9.17) is 14.5 Å². The van der Waals surface area contributed by atoms with Crippen LogP contribution in [-0.4, -0.2) is 46.8 Å². The summed E-state index contributed by atoms with van der Waals surface area (Å²) in [4.78, 5) is 44.7. The topological polar surface area (TPSA) is 97.3 Å². The summed E-state index contributed by atoms with van der Waals surface area (Å²) in [6.45, 7) is 2.33. The lowest BCUT2D eigenvalue weighted by Crippen LogP contribution is -2.44. The summed E-state index contributed by atoms with van der Waals surface area (Å²) in [7, 11) is 1.60. The Morgan fingerprint density at radius 3 is 2.37 bits per heavy atom. The van der Waals surface area contributed by atoms with E-state index in [1.165, 1.54) is 11.8 Å². The first-order valence-corrected chi connectivity index (χ1v) is 13.8. The number of carbonyl (C=O) groups is 3. The zero-order chi connectivity index (χ0) is 27.1. The van der Waals surface area contributed by atoms with Gasteiger partial charge in [-0.2, -0.15) is 0 Å². The number of halogens is 1. The zero-order valence-electron chi connectivity index (χ0n) is 20.8.